The van der Waals surface area contributed by atoms with Gasteiger partial charge < -0.3 is 18.9 Å². The Bertz CT molecular complexity index is 2510. The van der Waals surface area contributed by atoms with E-state index >= 15 is 0 Å². The molecule has 1 N–H and O–H groups in total. The van der Waals surface area contributed by atoms with Crippen LogP contribution >= 0.6 is 11.6 Å². The van der Waals surface area contributed by atoms with Crippen LogP contribution in [0.25, 0.3) is 11.0 Å². The van der Waals surface area contributed by atoms with Crippen LogP contribution in [0.5, 0.6) is 11.5 Å². The number of hydrogen-bond acceptors (Lipinski definition) is 10. The molecule has 1 aliphatic carbocycles. The molecule has 0 spiro atoms. The van der Waals surface area contributed by atoms with Crippen molar-refractivity contribution in [3.05, 3.63) is 110 Å². The van der Waals surface area contributed by atoms with Crippen molar-refractivity contribution in [1.82, 2.24) is 19.2 Å². The number of nitrogens with one attached hydrogen (secondary N) is 1. The van der Waals surface area contributed by atoms with Crippen LogP contribution in [-0.4, -0.2) is 82.4 Å². The van der Waals surface area contributed by atoms with Crippen LogP contribution in [0, 0.1) is 17.0 Å². The summed E-state index contributed by atoms with van der Waals surface area (Å²) in [7, 11) is -3.56. The van der Waals surface area contributed by atoms with E-state index in [0.717, 1.165) is 74.3 Å². The van der Waals surface area contributed by atoms with Gasteiger partial charge in [-0.15, -0.1) is 0 Å². The number of ether oxygens (including phenoxy) is 2. The van der Waals surface area contributed by atoms with E-state index in [1.54, 1.807) is 24.4 Å². The number of amides is 1. The van der Waals surface area contributed by atoms with Gasteiger partial charge in [-0.2, -0.15) is 0 Å². The first kappa shape index (κ1) is 42.4. The van der Waals surface area contributed by atoms with Gasteiger partial charge in [-0.1, -0.05) is 60.8 Å². The number of piperazine rings is 1. The van der Waals surface area contributed by atoms with Crippen molar-refractivity contribution in [2.45, 2.75) is 76.0 Å². The van der Waals surface area contributed by atoms with Gasteiger partial charge in [-0.25, -0.2) is 18.1 Å². The maximum atomic E-state index is 13.8. The Morgan fingerprint density at radius 3 is 2.58 bits per heavy atom. The third-order valence-electron chi connectivity index (χ3n) is 11.2. The first-order valence-corrected chi connectivity index (χ1v) is 25.6. The molecule has 0 saturated carbocycles. The molecule has 1 amide bonds. The number of carbonyl (C=O) groups excluding carboxylic acids is 1. The van der Waals surface area contributed by atoms with Gasteiger partial charge >= 0.3 is 0 Å². The Hall–Kier alpha value is -4.74. The van der Waals surface area contributed by atoms with Gasteiger partial charge in [-0.3, -0.25) is 19.8 Å². The smallest absolute Gasteiger partial charge is 0.289 e. The molecule has 1 atom stereocenters. The quantitative estimate of drug-likeness (QED) is 0.0433. The molecule has 1 fully saturated rings. The summed E-state index contributed by atoms with van der Waals surface area (Å²) in [4.78, 5) is 33.6. The average Bonchev–Trinajstić information content (AvgIpc) is 3.45. The summed E-state index contributed by atoms with van der Waals surface area (Å²) in [5, 5.41) is 12.1. The van der Waals surface area contributed by atoms with Crippen molar-refractivity contribution in [2.24, 2.45) is 0 Å². The number of sulfonamides is 1. The third-order valence-corrected chi connectivity index (χ3v) is 14.5. The second-order valence-electron chi connectivity index (χ2n) is 16.7. The van der Waals surface area contributed by atoms with Crippen LogP contribution in [0.15, 0.2) is 78.0 Å². The van der Waals surface area contributed by atoms with Crippen LogP contribution in [0.4, 0.5) is 11.4 Å². The minimum absolute atomic E-state index is 0.0475. The minimum Gasteiger partial charge on any atom is -0.455 e. The molecule has 17 heteroatoms. The Kier molecular flexibility index (Phi) is 12.5. The molecule has 0 radical (unpaired) electrons. The van der Waals surface area contributed by atoms with Gasteiger partial charge in [0.25, 0.3) is 21.6 Å². The Morgan fingerprint density at radius 1 is 1.05 bits per heavy atom. The third kappa shape index (κ3) is 9.84. The van der Waals surface area contributed by atoms with Crippen LogP contribution in [0.2, 0.25) is 30.7 Å². The fourth-order valence-corrected chi connectivity index (χ4v) is 9.97. The standard InChI is InChI=1S/C42H50BClN6O7SSi/c1-28-21-35-33(36(43)22-28)7-5-6-8-38(35)48-17-15-47(16-18-48)30-9-11-34(42(51)46-58(54,55)32-10-12-37(44)39(25-32)50(52)53)40(24-30)57-31-23-29-13-14-49(41(29)45-26-31)27-56-19-20-59(2,3)4/h9-14,21-26,38H,5-8,15-20,27,43H2,1-4H3,(H,46,51). The van der Waals surface area contributed by atoms with Gasteiger partial charge in [-0.05, 0) is 79.8 Å². The van der Waals surface area contributed by atoms with Gasteiger partial charge in [0, 0.05) is 76.3 Å². The van der Waals surface area contributed by atoms with Crippen LogP contribution in [0.1, 0.15) is 52.4 Å². The molecule has 2 aromatic heterocycles. The number of nitrogens with zero attached hydrogens (tertiary/aromatic N) is 5. The monoisotopic (exact) mass is 856 g/mol. The summed E-state index contributed by atoms with van der Waals surface area (Å²) >= 11 is 5.93. The van der Waals surface area contributed by atoms with Crippen molar-refractivity contribution < 1.29 is 27.6 Å². The van der Waals surface area contributed by atoms with Gasteiger partial charge in [0.1, 0.15) is 36.7 Å². The molecule has 1 aliphatic heterocycles. The molecule has 1 saturated heterocycles. The number of benzene rings is 3. The Labute approximate surface area is 352 Å². The topological polar surface area (TPSA) is 149 Å². The normalized spacial score (nSPS) is 16.4. The molecule has 5 aromatic rings. The largest absolute Gasteiger partial charge is 0.455 e. The predicted molar refractivity (Wildman–Crippen MR) is 237 cm³/mol. The van der Waals surface area contributed by atoms with E-state index in [9.17, 15) is 23.3 Å². The molecule has 1 unspecified atom stereocenters. The van der Waals surface area contributed by atoms with E-state index < -0.39 is 39.5 Å². The SMILES string of the molecule is Bc1cc(C)cc2c1CCCCC2N1CCN(c2ccc(C(=O)NS(=O)(=O)c3ccc(Cl)c([N+](=O)[O-])c3)c(Oc3cnc4c(ccn4COCC[Si](C)(C)C)c3)c2)CC1. The van der Waals surface area contributed by atoms with Crippen LogP contribution in [-0.2, 0) is 27.9 Å². The van der Waals surface area contributed by atoms with E-state index in [1.807, 2.05) is 22.9 Å². The van der Waals surface area contributed by atoms with E-state index in [-0.39, 0.29) is 16.3 Å². The van der Waals surface area contributed by atoms with Crippen molar-refractivity contribution in [3.8, 4) is 11.5 Å². The molecular formula is C42H50BClN6O7SSi. The number of nitro benzene ring substituents is 1. The van der Waals surface area contributed by atoms with Gasteiger partial charge in [0.15, 0.2) is 0 Å². The highest BCUT2D eigenvalue weighted by Gasteiger charge is 2.30. The summed E-state index contributed by atoms with van der Waals surface area (Å²) in [6.45, 7) is 13.3. The highest BCUT2D eigenvalue weighted by Crippen LogP contribution is 2.36. The second-order valence-corrected chi connectivity index (χ2v) is 24.4. The number of aryl methyl sites for hydroxylation is 1. The van der Waals surface area contributed by atoms with Crippen molar-refractivity contribution >= 4 is 71.3 Å². The van der Waals surface area contributed by atoms with Gasteiger partial charge in [0.2, 0.25) is 0 Å². The summed E-state index contributed by atoms with van der Waals surface area (Å²) in [5.41, 5.74) is 6.49. The fraction of sp³-hybridized carbons (Fsp3) is 0.381. The van der Waals surface area contributed by atoms with E-state index in [1.165, 1.54) is 35.0 Å². The van der Waals surface area contributed by atoms with Crippen molar-refractivity contribution in [3.63, 3.8) is 0 Å². The molecule has 310 valence electrons. The zero-order valence-corrected chi connectivity index (χ0v) is 36.7. The lowest BCUT2D eigenvalue weighted by molar-refractivity contribution is -0.384. The van der Waals surface area contributed by atoms with Crippen molar-refractivity contribution in [2.75, 3.05) is 37.7 Å². The molecule has 2 aliphatic rings. The first-order valence-electron chi connectivity index (χ1n) is 20.0. The highest BCUT2D eigenvalue weighted by atomic mass is 35.5. The maximum Gasteiger partial charge on any atom is 0.289 e. The minimum atomic E-state index is -4.55. The first-order chi connectivity index (χ1) is 28.1. The van der Waals surface area contributed by atoms with Gasteiger partial charge in [0.05, 0.1) is 21.6 Å². The number of aromatic nitrogens is 2. The lowest BCUT2D eigenvalue weighted by Crippen LogP contribution is -2.48. The number of rotatable bonds is 13. The molecule has 0 bridgehead atoms. The fourth-order valence-electron chi connectivity index (χ4n) is 8.04. The number of hydrogen-bond donors (Lipinski definition) is 1. The molecular weight excluding hydrogens is 807 g/mol. The number of halogens is 1. The summed E-state index contributed by atoms with van der Waals surface area (Å²) in [6, 6.07) is 17.9. The molecule has 59 heavy (non-hydrogen) atoms. The number of pyridine rings is 1. The second kappa shape index (κ2) is 17.5. The number of carbonyl (C=O) groups is 1. The maximum absolute atomic E-state index is 13.8. The number of nitro groups is 1. The Balaban J connectivity index is 1.14. The zero-order valence-electron chi connectivity index (χ0n) is 34.2. The summed E-state index contributed by atoms with van der Waals surface area (Å²) < 4.78 is 43.1. The molecule has 3 heterocycles. The average molecular weight is 857 g/mol. The number of anilines is 1. The van der Waals surface area contributed by atoms with Crippen LogP contribution in [0.3, 0.4) is 0 Å². The van der Waals surface area contributed by atoms with Crippen LogP contribution < -0.4 is 19.8 Å². The predicted octanol–water partition coefficient (Wildman–Crippen LogP) is 6.98. The van der Waals surface area contributed by atoms with E-state index in [4.69, 9.17) is 21.1 Å². The van der Waals surface area contributed by atoms with E-state index in [2.05, 4.69) is 66.0 Å². The molecule has 13 nitrogen and oxygen atoms in total. The number of fused-ring (bicyclic) bond motifs is 2. The van der Waals surface area contributed by atoms with E-state index in [0.29, 0.717) is 30.8 Å². The lowest BCUT2D eigenvalue weighted by atomic mass is 9.83. The highest BCUT2D eigenvalue weighted by molar-refractivity contribution is 7.90. The zero-order chi connectivity index (χ0) is 42.1. The molecule has 3 aromatic carbocycles. The Morgan fingerprint density at radius 2 is 1.83 bits per heavy atom. The summed E-state index contributed by atoms with van der Waals surface area (Å²) in [5.74, 6) is -0.499. The summed E-state index contributed by atoms with van der Waals surface area (Å²) in [6.07, 6.45) is 8.08. The van der Waals surface area contributed by atoms with Crippen molar-refractivity contribution in [1.29, 1.82) is 0 Å². The molecule has 7 rings (SSSR count). The lowest BCUT2D eigenvalue weighted by Gasteiger charge is -2.41.